The van der Waals surface area contributed by atoms with Gasteiger partial charge in [-0.25, -0.2) is 8.42 Å². The number of hydrogen-bond acceptors (Lipinski definition) is 8. The highest BCUT2D eigenvalue weighted by Gasteiger charge is 2.32. The van der Waals surface area contributed by atoms with Crippen LogP contribution in [0.5, 0.6) is 5.75 Å². The van der Waals surface area contributed by atoms with Crippen molar-refractivity contribution in [2.75, 3.05) is 24.8 Å². The Morgan fingerprint density at radius 1 is 1.23 bits per heavy atom. The summed E-state index contributed by atoms with van der Waals surface area (Å²) < 4.78 is 25.4. The average molecular weight is 402 g/mol. The minimum Gasteiger partial charge on any atom is -0.504 e. The maximum Gasteiger partial charge on any atom is 0.269 e. The van der Waals surface area contributed by atoms with Crippen molar-refractivity contribution >= 4 is 38.7 Å². The molecule has 0 amide bonds. The van der Waals surface area contributed by atoms with Gasteiger partial charge in [-0.1, -0.05) is 16.1 Å². The van der Waals surface area contributed by atoms with Crippen LogP contribution < -0.4 is 21.5 Å². The smallest absolute Gasteiger partial charge is 0.269 e. The molecule has 0 heterocycles. The van der Waals surface area contributed by atoms with E-state index in [9.17, 15) is 23.1 Å². The molecule has 2 aromatic carbocycles. The fourth-order valence-corrected chi connectivity index (χ4v) is 3.90. The number of anilines is 3. The summed E-state index contributed by atoms with van der Waals surface area (Å²) in [5.41, 5.74) is -1.38. The first-order chi connectivity index (χ1) is 12.2. The number of aromatic hydroxyl groups is 1. The van der Waals surface area contributed by atoms with Crippen molar-refractivity contribution in [3.05, 3.63) is 37.6 Å². The molecule has 0 bridgehead atoms. The molecule has 0 spiro atoms. The third-order valence-electron chi connectivity index (χ3n) is 4.03. The maximum absolute atomic E-state index is 12.4. The Bertz CT molecular complexity index is 1040. The number of benzene rings is 1. The van der Waals surface area contributed by atoms with Crippen molar-refractivity contribution in [3.8, 4) is 5.75 Å². The van der Waals surface area contributed by atoms with Gasteiger partial charge in [0.15, 0.2) is 5.75 Å². The van der Waals surface area contributed by atoms with E-state index in [0.717, 1.165) is 27.0 Å². The molecule has 0 aliphatic heterocycles. The van der Waals surface area contributed by atoms with Gasteiger partial charge in [-0.15, -0.1) is 0 Å². The molecule has 0 aromatic heterocycles. The van der Waals surface area contributed by atoms with Crippen molar-refractivity contribution in [1.82, 2.24) is 4.47 Å². The van der Waals surface area contributed by atoms with E-state index < -0.39 is 31.5 Å². The lowest BCUT2D eigenvalue weighted by molar-refractivity contribution is -0.0259. The summed E-state index contributed by atoms with van der Waals surface area (Å²) in [5, 5.41) is 15.7. The number of nitrogens with one attached hydrogen (secondary N) is 2. The van der Waals surface area contributed by atoms with E-state index in [0.29, 0.717) is 4.47 Å². The number of rotatable bonds is 7. The zero-order valence-corrected chi connectivity index (χ0v) is 15.4. The van der Waals surface area contributed by atoms with E-state index in [4.69, 9.17) is 11.6 Å². The van der Waals surface area contributed by atoms with Crippen LogP contribution in [0.4, 0.5) is 17.1 Å². The number of phenolic OH excluding ortho intramolecular Hbond substituents is 1. The average Bonchev–Trinajstić information content (AvgIpc) is 3.42. The summed E-state index contributed by atoms with van der Waals surface area (Å²) in [6.45, 7) is 0. The summed E-state index contributed by atoms with van der Waals surface area (Å²) in [6.07, 6.45) is 1.80. The third kappa shape index (κ3) is 3.05. The number of phenols is 1. The van der Waals surface area contributed by atoms with Crippen LogP contribution in [0.15, 0.2) is 26.6 Å². The molecule has 0 radical (unpaired) electrons. The first-order valence-electron chi connectivity index (χ1n) is 7.59. The molecule has 1 saturated carbocycles. The topological polar surface area (TPSA) is 125 Å². The van der Waals surface area contributed by atoms with Gasteiger partial charge >= 0.3 is 0 Å². The molecule has 3 rings (SSSR count). The Morgan fingerprint density at radius 3 is 2.42 bits per heavy atom. The van der Waals surface area contributed by atoms with Gasteiger partial charge < -0.3 is 15.7 Å². The zero-order chi connectivity index (χ0) is 19.2. The molecule has 0 unspecified atom stereocenters. The minimum atomic E-state index is -4.24. The molecule has 0 atom stereocenters. The number of hydrogen-bond donors (Lipinski definition) is 3. The molecule has 140 valence electrons. The van der Waals surface area contributed by atoms with Crippen LogP contribution in [-0.2, 0) is 14.9 Å². The molecule has 9 nitrogen and oxygen atoms in total. The highest BCUT2D eigenvalue weighted by atomic mass is 35.5. The normalized spacial score (nSPS) is 14.8. The van der Waals surface area contributed by atoms with Gasteiger partial charge in [-0.2, -0.15) is 0 Å². The highest BCUT2D eigenvalue weighted by molar-refractivity contribution is 7.89. The van der Waals surface area contributed by atoms with E-state index in [1.54, 1.807) is 0 Å². The third-order valence-corrected chi connectivity index (χ3v) is 6.22. The molecule has 2 aromatic rings. The molecule has 11 heteroatoms. The zero-order valence-electron chi connectivity index (χ0n) is 13.9. The van der Waals surface area contributed by atoms with Gasteiger partial charge in [0.2, 0.25) is 0 Å². The van der Waals surface area contributed by atoms with Crippen LogP contribution in [0.3, 0.4) is 0 Å². The number of nitrogens with zero attached hydrogens (tertiary/aromatic N) is 1. The van der Waals surface area contributed by atoms with Crippen LogP contribution in [0.1, 0.15) is 12.8 Å². The lowest BCUT2D eigenvalue weighted by Crippen LogP contribution is -2.37. The van der Waals surface area contributed by atoms with Gasteiger partial charge in [0.05, 0.1) is 17.8 Å². The largest absolute Gasteiger partial charge is 0.504 e. The first-order valence-corrected chi connectivity index (χ1v) is 9.41. The van der Waals surface area contributed by atoms with Crippen molar-refractivity contribution in [2.45, 2.75) is 23.8 Å². The first kappa shape index (κ1) is 18.6. The van der Waals surface area contributed by atoms with Crippen molar-refractivity contribution < 1.29 is 18.4 Å². The van der Waals surface area contributed by atoms with E-state index in [-0.39, 0.29) is 28.1 Å². The predicted octanol–water partition coefficient (Wildman–Crippen LogP) is 1.14. The van der Waals surface area contributed by atoms with Crippen molar-refractivity contribution in [2.24, 2.45) is 0 Å². The fourth-order valence-electron chi connectivity index (χ4n) is 2.33. The minimum absolute atomic E-state index is 0.0250. The van der Waals surface area contributed by atoms with Gasteiger partial charge in [-0.05, 0) is 25.0 Å². The standard InChI is InChI=1S/C15H16ClN3O6S/c1-19(25-2)26(23,24)15-8(16)5-6-9(12(15)20)18-11-10(13(21)14(11)22)17-7-3-4-7/h5-7,17-18,20H,3-4H2,1-2H3. The van der Waals surface area contributed by atoms with Gasteiger partial charge in [0.1, 0.15) is 16.3 Å². The Labute approximate surface area is 153 Å². The molecule has 26 heavy (non-hydrogen) atoms. The Hall–Kier alpha value is -2.14. The molecular weight excluding hydrogens is 386 g/mol. The second kappa shape index (κ2) is 6.54. The lowest BCUT2D eigenvalue weighted by Gasteiger charge is -2.19. The lowest BCUT2D eigenvalue weighted by atomic mass is 10.1. The monoisotopic (exact) mass is 401 g/mol. The second-order valence-corrected chi connectivity index (χ2v) is 8.10. The summed E-state index contributed by atoms with van der Waals surface area (Å²) >= 11 is 5.93. The predicted molar refractivity (Wildman–Crippen MR) is 96.4 cm³/mol. The summed E-state index contributed by atoms with van der Waals surface area (Å²) in [6, 6.07) is 2.70. The van der Waals surface area contributed by atoms with Crippen LogP contribution in [0.2, 0.25) is 5.02 Å². The van der Waals surface area contributed by atoms with Crippen molar-refractivity contribution in [1.29, 1.82) is 0 Å². The van der Waals surface area contributed by atoms with E-state index in [1.165, 1.54) is 12.1 Å². The maximum atomic E-state index is 12.4. The van der Waals surface area contributed by atoms with Crippen LogP contribution >= 0.6 is 11.6 Å². The quantitative estimate of drug-likeness (QED) is 0.358. The van der Waals surface area contributed by atoms with Crippen LogP contribution in [0.25, 0.3) is 0 Å². The second-order valence-electron chi connectivity index (χ2n) is 5.82. The number of halogens is 1. The molecular formula is C15H16ClN3O6S. The SMILES string of the molecule is CON(C)S(=O)(=O)c1c(Cl)ccc(Nc2c(NC3CC3)c(=O)c2=O)c1O. The van der Waals surface area contributed by atoms with Crippen LogP contribution in [-0.4, -0.2) is 38.2 Å². The highest BCUT2D eigenvalue weighted by Crippen LogP contribution is 2.40. The molecule has 1 fully saturated rings. The summed E-state index contributed by atoms with van der Waals surface area (Å²) in [4.78, 5) is 27.6. The van der Waals surface area contributed by atoms with Gasteiger partial charge in [-0.3, -0.25) is 14.4 Å². The van der Waals surface area contributed by atoms with Gasteiger partial charge in [0.25, 0.3) is 20.9 Å². The van der Waals surface area contributed by atoms with E-state index >= 15 is 0 Å². The van der Waals surface area contributed by atoms with Gasteiger partial charge in [0, 0.05) is 13.1 Å². The van der Waals surface area contributed by atoms with Crippen LogP contribution in [0, 0.1) is 0 Å². The van der Waals surface area contributed by atoms with E-state index in [1.807, 2.05) is 0 Å². The Morgan fingerprint density at radius 2 is 1.85 bits per heavy atom. The summed E-state index contributed by atoms with van der Waals surface area (Å²) in [7, 11) is -1.96. The number of sulfonamides is 1. The van der Waals surface area contributed by atoms with E-state index in [2.05, 4.69) is 15.5 Å². The molecule has 1 aliphatic rings. The molecule has 0 saturated heterocycles. The number of hydroxylamine groups is 1. The Balaban J connectivity index is 2.01. The Kier molecular flexibility index (Phi) is 4.69. The van der Waals surface area contributed by atoms with Crippen molar-refractivity contribution in [3.63, 3.8) is 0 Å². The molecule has 3 N–H and O–H groups in total. The summed E-state index contributed by atoms with van der Waals surface area (Å²) in [5.74, 6) is -0.688. The molecule has 1 aliphatic carbocycles. The fraction of sp³-hybridized carbons (Fsp3) is 0.333.